The molecule has 0 bridgehead atoms. The van der Waals surface area contributed by atoms with Crippen LogP contribution in [-0.4, -0.2) is 28.5 Å². The highest BCUT2D eigenvalue weighted by Crippen LogP contribution is 2.34. The van der Waals surface area contributed by atoms with Crippen molar-refractivity contribution in [1.29, 1.82) is 0 Å². The topological polar surface area (TPSA) is 37.3 Å². The number of hydrogen-bond donors (Lipinski definition) is 1. The summed E-state index contributed by atoms with van der Waals surface area (Å²) in [5.41, 5.74) is 4.63. The van der Waals surface area contributed by atoms with Gasteiger partial charge in [0.05, 0.1) is 11.6 Å². The second-order valence-electron chi connectivity index (χ2n) is 10.4. The Bertz CT molecular complexity index is 1380. The number of fused-ring (bicyclic) bond motifs is 1. The number of nitrogens with one attached hydrogen (secondary N) is 1. The second kappa shape index (κ2) is 11.9. The van der Waals surface area contributed by atoms with Crippen molar-refractivity contribution < 1.29 is 4.79 Å². The third-order valence-corrected chi connectivity index (χ3v) is 8.30. The standard InChI is InChI=1S/C32H35Cl2N3O/c1-3-26(33)10-12-29(4-2)37-21-25(30-13-11-27(34)19-31(30)37)20-36-16-14-22(15-17-36)24-6-5-7-28(18-24)35-32(38)23-8-9-23/h3-7,10-13,18-19,21-23,29H,2,8-9,14-17,20H2,1H3,(H,35,38)/b12-10-,26-3+. The Morgan fingerprint density at radius 3 is 2.66 bits per heavy atom. The molecule has 6 heteroatoms. The SMILES string of the molecule is C=CC(/C=C\C(Cl)=C/C)n1cc(CN2CCC(c3cccc(NC(=O)C4CC4)c3)CC2)c2ccc(Cl)cc21. The number of allylic oxidation sites excluding steroid dienone is 5. The van der Waals surface area contributed by atoms with Gasteiger partial charge in [-0.1, -0.05) is 59.6 Å². The normalized spacial score (nSPS) is 18.2. The number of aromatic nitrogens is 1. The summed E-state index contributed by atoms with van der Waals surface area (Å²) in [6.07, 6.45) is 14.3. The number of piperidine rings is 1. The average molecular weight is 549 g/mol. The highest BCUT2D eigenvalue weighted by atomic mass is 35.5. The number of carbonyl (C=O) groups is 1. The van der Waals surface area contributed by atoms with E-state index in [1.165, 1.54) is 16.5 Å². The van der Waals surface area contributed by atoms with Crippen molar-refractivity contribution >= 4 is 45.7 Å². The molecule has 2 aromatic carbocycles. The highest BCUT2D eigenvalue weighted by molar-refractivity contribution is 6.31. The fourth-order valence-corrected chi connectivity index (χ4v) is 5.61. The molecule has 1 saturated heterocycles. The van der Waals surface area contributed by atoms with E-state index >= 15 is 0 Å². The Morgan fingerprint density at radius 2 is 1.95 bits per heavy atom. The van der Waals surface area contributed by atoms with Gasteiger partial charge in [-0.15, -0.1) is 6.58 Å². The van der Waals surface area contributed by atoms with Gasteiger partial charge in [-0.25, -0.2) is 0 Å². The molecule has 3 aromatic rings. The van der Waals surface area contributed by atoms with Crippen LogP contribution in [0.4, 0.5) is 5.69 Å². The summed E-state index contributed by atoms with van der Waals surface area (Å²) in [5, 5.41) is 5.73. The second-order valence-corrected chi connectivity index (χ2v) is 11.3. The molecule has 2 heterocycles. The summed E-state index contributed by atoms with van der Waals surface area (Å²) < 4.78 is 2.23. The molecule has 5 rings (SSSR count). The molecular formula is C32H35Cl2N3O. The maximum atomic E-state index is 12.2. The van der Waals surface area contributed by atoms with E-state index in [-0.39, 0.29) is 17.9 Å². The zero-order chi connectivity index (χ0) is 26.6. The predicted molar refractivity (Wildman–Crippen MR) is 160 cm³/mol. The van der Waals surface area contributed by atoms with Crippen LogP contribution < -0.4 is 5.32 Å². The van der Waals surface area contributed by atoms with Gasteiger partial charge in [0.15, 0.2) is 0 Å². The monoisotopic (exact) mass is 547 g/mol. The molecule has 38 heavy (non-hydrogen) atoms. The molecule has 0 radical (unpaired) electrons. The van der Waals surface area contributed by atoms with Crippen LogP contribution >= 0.6 is 23.2 Å². The Labute approximate surface area is 235 Å². The molecule has 2 fully saturated rings. The molecule has 1 aliphatic carbocycles. The molecule has 1 aromatic heterocycles. The van der Waals surface area contributed by atoms with Gasteiger partial charge >= 0.3 is 0 Å². The number of amides is 1. The van der Waals surface area contributed by atoms with Crippen LogP contribution in [-0.2, 0) is 11.3 Å². The molecule has 1 saturated carbocycles. The van der Waals surface area contributed by atoms with Crippen LogP contribution in [0, 0.1) is 5.92 Å². The van der Waals surface area contributed by atoms with Gasteiger partial charge in [0.2, 0.25) is 5.91 Å². The summed E-state index contributed by atoms with van der Waals surface area (Å²) >= 11 is 12.6. The molecule has 198 valence electrons. The molecule has 0 spiro atoms. The molecule has 1 aliphatic heterocycles. The molecule has 4 nitrogen and oxygen atoms in total. The minimum atomic E-state index is -0.0307. The van der Waals surface area contributed by atoms with Crippen molar-refractivity contribution in [2.45, 2.75) is 51.1 Å². The third kappa shape index (κ3) is 6.26. The van der Waals surface area contributed by atoms with Crippen LogP contribution in [0.1, 0.15) is 55.7 Å². The van der Waals surface area contributed by atoms with Crippen molar-refractivity contribution in [3.63, 3.8) is 0 Å². The van der Waals surface area contributed by atoms with Gasteiger partial charge < -0.3 is 9.88 Å². The van der Waals surface area contributed by atoms with Gasteiger partial charge in [0, 0.05) is 39.8 Å². The Balaban J connectivity index is 1.28. The van der Waals surface area contributed by atoms with Crippen LogP contribution in [0.2, 0.25) is 5.02 Å². The van der Waals surface area contributed by atoms with Crippen LogP contribution in [0.5, 0.6) is 0 Å². The van der Waals surface area contributed by atoms with Gasteiger partial charge in [-0.2, -0.15) is 0 Å². The van der Waals surface area contributed by atoms with E-state index in [1.54, 1.807) is 0 Å². The maximum Gasteiger partial charge on any atom is 0.227 e. The van der Waals surface area contributed by atoms with E-state index in [0.717, 1.165) is 61.5 Å². The van der Waals surface area contributed by atoms with Gasteiger partial charge in [0.25, 0.3) is 0 Å². The van der Waals surface area contributed by atoms with E-state index in [0.29, 0.717) is 11.0 Å². The van der Waals surface area contributed by atoms with Crippen molar-refractivity contribution in [2.24, 2.45) is 5.92 Å². The number of hydrogen-bond acceptors (Lipinski definition) is 2. The first-order valence-electron chi connectivity index (χ1n) is 13.5. The molecule has 1 atom stereocenters. The van der Waals surface area contributed by atoms with Crippen LogP contribution in [0.25, 0.3) is 10.9 Å². The lowest BCUT2D eigenvalue weighted by atomic mass is 9.89. The highest BCUT2D eigenvalue weighted by Gasteiger charge is 2.30. The van der Waals surface area contributed by atoms with E-state index in [4.69, 9.17) is 23.2 Å². The fraction of sp³-hybridized carbons (Fsp3) is 0.344. The average Bonchev–Trinajstić information content (AvgIpc) is 3.73. The number of halogens is 2. The molecular weight excluding hydrogens is 513 g/mol. The number of anilines is 1. The predicted octanol–water partition coefficient (Wildman–Crippen LogP) is 8.45. The Hall–Kier alpha value is -2.79. The minimum Gasteiger partial charge on any atom is -0.337 e. The van der Waals surface area contributed by atoms with Crippen molar-refractivity contribution in [2.75, 3.05) is 18.4 Å². The van der Waals surface area contributed by atoms with Crippen molar-refractivity contribution in [1.82, 2.24) is 9.47 Å². The summed E-state index contributed by atoms with van der Waals surface area (Å²) in [4.78, 5) is 14.7. The first-order chi connectivity index (χ1) is 18.4. The largest absolute Gasteiger partial charge is 0.337 e. The molecule has 1 amide bonds. The zero-order valence-electron chi connectivity index (χ0n) is 21.9. The van der Waals surface area contributed by atoms with Crippen molar-refractivity contribution in [3.05, 3.63) is 101 Å². The summed E-state index contributed by atoms with van der Waals surface area (Å²) in [7, 11) is 0. The Morgan fingerprint density at radius 1 is 1.16 bits per heavy atom. The van der Waals surface area contributed by atoms with E-state index in [2.05, 4.69) is 57.9 Å². The summed E-state index contributed by atoms with van der Waals surface area (Å²) in [6, 6.07) is 14.5. The quantitative estimate of drug-likeness (QED) is 0.215. The summed E-state index contributed by atoms with van der Waals surface area (Å²) in [5.74, 6) is 0.889. The van der Waals surface area contributed by atoms with Crippen molar-refractivity contribution in [3.8, 4) is 0 Å². The number of carbonyl (C=O) groups excluding carboxylic acids is 1. The lowest BCUT2D eigenvalue weighted by Crippen LogP contribution is -2.32. The summed E-state index contributed by atoms with van der Waals surface area (Å²) in [6.45, 7) is 8.94. The molecule has 2 aliphatic rings. The smallest absolute Gasteiger partial charge is 0.227 e. The lowest BCUT2D eigenvalue weighted by molar-refractivity contribution is -0.117. The molecule has 1 N–H and O–H groups in total. The van der Waals surface area contributed by atoms with E-state index in [9.17, 15) is 4.79 Å². The van der Waals surface area contributed by atoms with Gasteiger partial charge in [0.1, 0.15) is 0 Å². The Kier molecular flexibility index (Phi) is 8.42. The number of nitrogens with zero attached hydrogens (tertiary/aromatic N) is 2. The lowest BCUT2D eigenvalue weighted by Gasteiger charge is -2.32. The van der Waals surface area contributed by atoms with Crippen LogP contribution in [0.3, 0.4) is 0 Å². The van der Waals surface area contributed by atoms with Gasteiger partial charge in [-0.05, 0) is 93.1 Å². The van der Waals surface area contributed by atoms with Crippen LogP contribution in [0.15, 0.2) is 84.6 Å². The number of benzene rings is 2. The first-order valence-corrected chi connectivity index (χ1v) is 14.3. The third-order valence-electron chi connectivity index (χ3n) is 7.73. The minimum absolute atomic E-state index is 0.0307. The fourth-order valence-electron chi connectivity index (χ4n) is 5.37. The van der Waals surface area contributed by atoms with E-state index < -0.39 is 0 Å². The van der Waals surface area contributed by atoms with E-state index in [1.807, 2.05) is 43.4 Å². The number of rotatable bonds is 9. The first kappa shape index (κ1) is 26.8. The van der Waals surface area contributed by atoms with Gasteiger partial charge in [-0.3, -0.25) is 9.69 Å². The maximum absolute atomic E-state index is 12.2. The number of likely N-dealkylation sites (tertiary alicyclic amines) is 1. The zero-order valence-corrected chi connectivity index (χ0v) is 23.4. The molecule has 1 unspecified atom stereocenters.